The van der Waals surface area contributed by atoms with Gasteiger partial charge >= 0.3 is 6.03 Å². The number of anilines is 1. The number of fused-ring (bicyclic) bond motifs is 1. The van der Waals surface area contributed by atoms with E-state index in [9.17, 15) is 9.59 Å². The molecule has 2 heterocycles. The molecule has 0 aliphatic carbocycles. The molecule has 2 aromatic rings. The second-order valence-corrected chi connectivity index (χ2v) is 5.32. The van der Waals surface area contributed by atoms with Crippen LogP contribution in [0, 0.1) is 0 Å². The van der Waals surface area contributed by atoms with Gasteiger partial charge < -0.3 is 20.4 Å². The van der Waals surface area contributed by atoms with E-state index in [1.165, 1.54) is 0 Å². The predicted octanol–water partition coefficient (Wildman–Crippen LogP) is 2.33. The highest BCUT2D eigenvalue weighted by atomic mass is 16.3. The van der Waals surface area contributed by atoms with Crippen LogP contribution in [-0.4, -0.2) is 11.9 Å². The summed E-state index contributed by atoms with van der Waals surface area (Å²) < 4.78 is 4.94. The van der Waals surface area contributed by atoms with Gasteiger partial charge in [0.25, 0.3) is 0 Å². The van der Waals surface area contributed by atoms with Crippen LogP contribution >= 0.6 is 0 Å². The average molecular weight is 299 g/mol. The zero-order chi connectivity index (χ0) is 15.5. The minimum Gasteiger partial charge on any atom is -0.472 e. The number of rotatable bonds is 4. The van der Waals surface area contributed by atoms with Gasteiger partial charge in [-0.25, -0.2) is 4.79 Å². The van der Waals surface area contributed by atoms with E-state index in [4.69, 9.17) is 4.42 Å². The third kappa shape index (κ3) is 3.11. The number of hydrogen-bond acceptors (Lipinski definition) is 3. The highest BCUT2D eigenvalue weighted by Crippen LogP contribution is 2.26. The fraction of sp³-hybridized carbons (Fsp3) is 0.250. The summed E-state index contributed by atoms with van der Waals surface area (Å²) in [7, 11) is 0. The summed E-state index contributed by atoms with van der Waals surface area (Å²) in [6.07, 6.45) is 3.55. The Balaban J connectivity index is 1.57. The first-order valence-corrected chi connectivity index (χ1v) is 7.10. The van der Waals surface area contributed by atoms with Crippen LogP contribution in [0.4, 0.5) is 10.5 Å². The molecule has 0 bridgehead atoms. The Morgan fingerprint density at radius 2 is 2.27 bits per heavy atom. The Kier molecular flexibility index (Phi) is 3.82. The summed E-state index contributed by atoms with van der Waals surface area (Å²) in [6.45, 7) is 2.32. The molecule has 0 unspecified atom stereocenters. The molecule has 6 heteroatoms. The van der Waals surface area contributed by atoms with Crippen LogP contribution in [0.1, 0.15) is 29.7 Å². The zero-order valence-electron chi connectivity index (χ0n) is 12.2. The molecule has 22 heavy (non-hydrogen) atoms. The molecule has 3 N–H and O–H groups in total. The van der Waals surface area contributed by atoms with Gasteiger partial charge in [-0.05, 0) is 30.2 Å². The van der Waals surface area contributed by atoms with Gasteiger partial charge in [-0.15, -0.1) is 0 Å². The highest BCUT2D eigenvalue weighted by Gasteiger charge is 2.19. The molecule has 114 valence electrons. The van der Waals surface area contributed by atoms with Gasteiger partial charge in [-0.1, -0.05) is 12.1 Å². The number of carbonyl (C=O) groups excluding carboxylic acids is 2. The smallest absolute Gasteiger partial charge is 0.315 e. The lowest BCUT2D eigenvalue weighted by Crippen LogP contribution is -2.36. The predicted molar refractivity (Wildman–Crippen MR) is 81.3 cm³/mol. The molecule has 0 saturated carbocycles. The van der Waals surface area contributed by atoms with Crippen molar-refractivity contribution >= 4 is 17.6 Å². The van der Waals surface area contributed by atoms with E-state index < -0.39 is 0 Å². The molecule has 1 aliphatic heterocycles. The summed E-state index contributed by atoms with van der Waals surface area (Å²) in [5.74, 6) is 0.00520. The van der Waals surface area contributed by atoms with Crippen molar-refractivity contribution in [1.29, 1.82) is 0 Å². The fourth-order valence-electron chi connectivity index (χ4n) is 2.43. The maximum absolute atomic E-state index is 11.9. The van der Waals surface area contributed by atoms with Crippen molar-refractivity contribution in [2.24, 2.45) is 0 Å². The zero-order valence-corrected chi connectivity index (χ0v) is 12.2. The van der Waals surface area contributed by atoms with Crippen LogP contribution in [-0.2, 0) is 17.8 Å². The first kappa shape index (κ1) is 14.2. The Hall–Kier alpha value is -2.76. The third-order valence-electron chi connectivity index (χ3n) is 3.64. The highest BCUT2D eigenvalue weighted by molar-refractivity contribution is 5.99. The van der Waals surface area contributed by atoms with Crippen LogP contribution < -0.4 is 16.0 Å². The van der Waals surface area contributed by atoms with Gasteiger partial charge in [0.05, 0.1) is 25.0 Å². The van der Waals surface area contributed by atoms with Crippen LogP contribution in [0.25, 0.3) is 0 Å². The molecule has 1 aromatic carbocycles. The van der Waals surface area contributed by atoms with Crippen LogP contribution in [0.15, 0.2) is 41.2 Å². The van der Waals surface area contributed by atoms with E-state index in [0.29, 0.717) is 13.0 Å². The van der Waals surface area contributed by atoms with Gasteiger partial charge in [0.15, 0.2) is 0 Å². The number of urea groups is 1. The minimum atomic E-state index is -0.247. The van der Waals surface area contributed by atoms with Crippen molar-refractivity contribution in [3.8, 4) is 0 Å². The summed E-state index contributed by atoms with van der Waals surface area (Å²) in [5, 5.41) is 8.44. The van der Waals surface area contributed by atoms with E-state index in [0.717, 1.165) is 22.4 Å². The van der Waals surface area contributed by atoms with Crippen molar-refractivity contribution in [3.05, 3.63) is 53.5 Å². The fourth-order valence-corrected chi connectivity index (χ4v) is 2.43. The van der Waals surface area contributed by atoms with Crippen LogP contribution in [0.5, 0.6) is 0 Å². The molecule has 0 spiro atoms. The van der Waals surface area contributed by atoms with Crippen molar-refractivity contribution < 1.29 is 14.0 Å². The molecule has 6 nitrogen and oxygen atoms in total. The monoisotopic (exact) mass is 299 g/mol. The van der Waals surface area contributed by atoms with Gasteiger partial charge in [0, 0.05) is 17.8 Å². The number of amides is 3. The summed E-state index contributed by atoms with van der Waals surface area (Å²) in [5.41, 5.74) is 3.69. The lowest BCUT2D eigenvalue weighted by molar-refractivity contribution is -0.115. The van der Waals surface area contributed by atoms with E-state index in [2.05, 4.69) is 16.0 Å². The molecule has 0 radical (unpaired) electrons. The standard InChI is InChI=1S/C16H17N3O3/c1-10(18-16(21)17-8-11-4-5-22-9-11)12-2-3-14-13(6-12)7-15(20)19-14/h2-6,9-10H,7-8H2,1H3,(H,19,20)(H2,17,18,21)/t10-/m0/s1. The third-order valence-corrected chi connectivity index (χ3v) is 3.64. The molecular formula is C16H17N3O3. The number of nitrogens with one attached hydrogen (secondary N) is 3. The maximum atomic E-state index is 11.9. The average Bonchev–Trinajstić information content (AvgIpc) is 3.12. The first-order valence-electron chi connectivity index (χ1n) is 7.10. The summed E-state index contributed by atoms with van der Waals surface area (Å²) >= 11 is 0. The second kappa shape index (κ2) is 5.93. The van der Waals surface area contributed by atoms with Crippen LogP contribution in [0.2, 0.25) is 0 Å². The summed E-state index contributed by atoms with van der Waals surface area (Å²) in [6, 6.07) is 7.14. The molecule has 3 rings (SSSR count). The van der Waals surface area contributed by atoms with Gasteiger partial charge in [0.2, 0.25) is 5.91 Å². The quantitative estimate of drug-likeness (QED) is 0.810. The summed E-state index contributed by atoms with van der Waals surface area (Å²) in [4.78, 5) is 23.2. The number of hydrogen-bond donors (Lipinski definition) is 3. The molecule has 0 saturated heterocycles. The topological polar surface area (TPSA) is 83.4 Å². The molecule has 3 amide bonds. The van der Waals surface area contributed by atoms with Gasteiger partial charge in [-0.3, -0.25) is 4.79 Å². The van der Waals surface area contributed by atoms with Crippen molar-refractivity contribution in [2.75, 3.05) is 5.32 Å². The Labute approximate surface area is 127 Å². The first-order chi connectivity index (χ1) is 10.6. The second-order valence-electron chi connectivity index (χ2n) is 5.32. The largest absolute Gasteiger partial charge is 0.472 e. The molecular weight excluding hydrogens is 282 g/mol. The van der Waals surface area contributed by atoms with E-state index >= 15 is 0 Å². The lowest BCUT2D eigenvalue weighted by Gasteiger charge is -2.15. The van der Waals surface area contributed by atoms with E-state index in [1.807, 2.05) is 25.1 Å². The Bertz CT molecular complexity index is 695. The van der Waals surface area contributed by atoms with Crippen LogP contribution in [0.3, 0.4) is 0 Å². The number of furan rings is 1. The Morgan fingerprint density at radius 3 is 3.05 bits per heavy atom. The van der Waals surface area contributed by atoms with Crippen molar-refractivity contribution in [2.45, 2.75) is 25.9 Å². The SMILES string of the molecule is C[C@H](NC(=O)NCc1ccoc1)c1ccc2c(c1)CC(=O)N2. The number of carbonyl (C=O) groups is 2. The Morgan fingerprint density at radius 1 is 1.41 bits per heavy atom. The van der Waals surface area contributed by atoms with E-state index in [-0.39, 0.29) is 18.0 Å². The van der Waals surface area contributed by atoms with Gasteiger partial charge in [0.1, 0.15) is 0 Å². The van der Waals surface area contributed by atoms with E-state index in [1.54, 1.807) is 18.6 Å². The molecule has 1 aromatic heterocycles. The molecule has 1 atom stereocenters. The van der Waals surface area contributed by atoms with Gasteiger partial charge in [-0.2, -0.15) is 0 Å². The minimum absolute atomic E-state index is 0.00520. The van der Waals surface area contributed by atoms with Crippen molar-refractivity contribution in [3.63, 3.8) is 0 Å². The van der Waals surface area contributed by atoms with Crippen molar-refractivity contribution in [1.82, 2.24) is 10.6 Å². The molecule has 1 aliphatic rings. The number of benzene rings is 1. The maximum Gasteiger partial charge on any atom is 0.315 e. The molecule has 0 fully saturated rings. The lowest BCUT2D eigenvalue weighted by atomic mass is 10.0. The normalized spacial score (nSPS) is 14.1.